The molecule has 2 aromatic heterocycles. The Hall–Kier alpha value is -1.17. The fraction of sp³-hybridized carbons (Fsp3) is 0.562. The summed E-state index contributed by atoms with van der Waals surface area (Å²) < 4.78 is 1.92. The second kappa shape index (κ2) is 6.30. The molecule has 0 saturated heterocycles. The summed E-state index contributed by atoms with van der Waals surface area (Å²) in [5, 5.41) is 8.99. The van der Waals surface area contributed by atoms with Crippen molar-refractivity contribution in [2.45, 2.75) is 44.8 Å². The van der Waals surface area contributed by atoms with E-state index < -0.39 is 0 Å². The monoisotopic (exact) mass is 304 g/mol. The van der Waals surface area contributed by atoms with Gasteiger partial charge in [0.05, 0.1) is 11.7 Å². The molecule has 0 aromatic carbocycles. The van der Waals surface area contributed by atoms with Gasteiger partial charge in [0.1, 0.15) is 0 Å². The zero-order valence-electron chi connectivity index (χ0n) is 12.8. The third kappa shape index (κ3) is 3.20. The van der Waals surface area contributed by atoms with E-state index in [1.54, 1.807) is 11.3 Å². The number of nitrogens with two attached hydrogens (primary N) is 1. The van der Waals surface area contributed by atoms with Crippen molar-refractivity contribution in [3.05, 3.63) is 39.8 Å². The standard InChI is InChI=1S/C16H24N4S/c1-3-15-14(10-19(2)18-15)16(8-17)20(13-4-5-13)9-12-6-7-21-11-12/h6-7,10-11,13,16H,3-5,8-9,17H2,1-2H3. The van der Waals surface area contributed by atoms with E-state index in [2.05, 4.69) is 39.9 Å². The van der Waals surface area contributed by atoms with Gasteiger partial charge in [-0.25, -0.2) is 0 Å². The minimum atomic E-state index is 0.279. The Labute approximate surface area is 130 Å². The van der Waals surface area contributed by atoms with Crippen molar-refractivity contribution in [3.63, 3.8) is 0 Å². The molecular formula is C16H24N4S. The van der Waals surface area contributed by atoms with Crippen LogP contribution in [-0.4, -0.2) is 27.3 Å². The summed E-state index contributed by atoms with van der Waals surface area (Å²) in [6.45, 7) is 3.81. The smallest absolute Gasteiger partial charge is 0.0670 e. The van der Waals surface area contributed by atoms with Crippen LogP contribution in [0.4, 0.5) is 0 Å². The minimum absolute atomic E-state index is 0.279. The van der Waals surface area contributed by atoms with Crippen LogP contribution in [0.3, 0.4) is 0 Å². The number of hydrogen-bond acceptors (Lipinski definition) is 4. The summed E-state index contributed by atoms with van der Waals surface area (Å²) in [4.78, 5) is 2.58. The molecule has 2 heterocycles. The van der Waals surface area contributed by atoms with Crippen molar-refractivity contribution >= 4 is 11.3 Å². The van der Waals surface area contributed by atoms with Crippen molar-refractivity contribution in [2.75, 3.05) is 6.54 Å². The fourth-order valence-electron chi connectivity index (χ4n) is 3.04. The lowest BCUT2D eigenvalue weighted by molar-refractivity contribution is 0.181. The fourth-order valence-corrected chi connectivity index (χ4v) is 3.70. The van der Waals surface area contributed by atoms with Gasteiger partial charge in [0, 0.05) is 37.9 Å². The predicted molar refractivity (Wildman–Crippen MR) is 87.3 cm³/mol. The molecule has 1 aliphatic carbocycles. The van der Waals surface area contributed by atoms with Gasteiger partial charge in [-0.15, -0.1) is 0 Å². The highest BCUT2D eigenvalue weighted by Crippen LogP contribution is 2.36. The lowest BCUT2D eigenvalue weighted by Crippen LogP contribution is -2.35. The summed E-state index contributed by atoms with van der Waals surface area (Å²) >= 11 is 1.77. The van der Waals surface area contributed by atoms with Crippen molar-refractivity contribution in [1.82, 2.24) is 14.7 Å². The summed E-state index contributed by atoms with van der Waals surface area (Å²) in [7, 11) is 2.00. The summed E-state index contributed by atoms with van der Waals surface area (Å²) in [6, 6.07) is 3.18. The quantitative estimate of drug-likeness (QED) is 0.855. The maximum Gasteiger partial charge on any atom is 0.0670 e. The lowest BCUT2D eigenvalue weighted by Gasteiger charge is -2.31. The first-order chi connectivity index (χ1) is 10.2. The highest BCUT2D eigenvalue weighted by Gasteiger charge is 2.35. The van der Waals surface area contributed by atoms with E-state index in [-0.39, 0.29) is 6.04 Å². The zero-order chi connectivity index (χ0) is 14.8. The van der Waals surface area contributed by atoms with Crippen LogP contribution < -0.4 is 5.73 Å². The van der Waals surface area contributed by atoms with E-state index >= 15 is 0 Å². The van der Waals surface area contributed by atoms with Crippen LogP contribution in [0.5, 0.6) is 0 Å². The summed E-state index contributed by atoms with van der Waals surface area (Å²) in [5.74, 6) is 0. The Bertz CT molecular complexity index is 571. The first-order valence-electron chi connectivity index (χ1n) is 7.72. The maximum absolute atomic E-state index is 6.16. The predicted octanol–water partition coefficient (Wildman–Crippen LogP) is 2.71. The van der Waals surface area contributed by atoms with E-state index in [4.69, 9.17) is 5.73 Å². The van der Waals surface area contributed by atoms with Gasteiger partial charge in [-0.2, -0.15) is 16.4 Å². The van der Waals surface area contributed by atoms with Gasteiger partial charge in [0.25, 0.3) is 0 Å². The van der Waals surface area contributed by atoms with Gasteiger partial charge in [-0.1, -0.05) is 6.92 Å². The molecule has 1 unspecified atom stereocenters. The molecule has 1 atom stereocenters. The van der Waals surface area contributed by atoms with Crippen LogP contribution in [-0.2, 0) is 20.0 Å². The normalized spacial score (nSPS) is 16.6. The Kier molecular flexibility index (Phi) is 4.42. The van der Waals surface area contributed by atoms with E-state index in [0.29, 0.717) is 12.6 Å². The van der Waals surface area contributed by atoms with Gasteiger partial charge in [0.2, 0.25) is 0 Å². The molecule has 21 heavy (non-hydrogen) atoms. The number of nitrogens with zero attached hydrogens (tertiary/aromatic N) is 3. The molecule has 114 valence electrons. The maximum atomic E-state index is 6.16. The molecule has 0 spiro atoms. The Morgan fingerprint density at radius 2 is 2.33 bits per heavy atom. The molecule has 0 bridgehead atoms. The highest BCUT2D eigenvalue weighted by molar-refractivity contribution is 7.07. The van der Waals surface area contributed by atoms with Crippen molar-refractivity contribution in [2.24, 2.45) is 12.8 Å². The highest BCUT2D eigenvalue weighted by atomic mass is 32.1. The molecule has 4 nitrogen and oxygen atoms in total. The molecule has 1 fully saturated rings. The Morgan fingerprint density at radius 1 is 1.52 bits per heavy atom. The number of aromatic nitrogens is 2. The molecule has 5 heteroatoms. The molecular weight excluding hydrogens is 280 g/mol. The average molecular weight is 304 g/mol. The molecule has 1 aliphatic rings. The number of aryl methyl sites for hydroxylation is 2. The van der Waals surface area contributed by atoms with Crippen LogP contribution in [0.1, 0.15) is 42.6 Å². The molecule has 0 radical (unpaired) electrons. The third-order valence-corrected chi connectivity index (χ3v) is 4.95. The summed E-state index contributed by atoms with van der Waals surface area (Å²) in [5.41, 5.74) is 10.0. The van der Waals surface area contributed by atoms with Gasteiger partial charge < -0.3 is 5.73 Å². The molecule has 1 saturated carbocycles. The number of hydrogen-bond donors (Lipinski definition) is 1. The van der Waals surface area contributed by atoms with Gasteiger partial charge in [-0.05, 0) is 41.7 Å². The molecule has 0 aliphatic heterocycles. The zero-order valence-corrected chi connectivity index (χ0v) is 13.6. The Balaban J connectivity index is 1.87. The van der Waals surface area contributed by atoms with Crippen LogP contribution in [0, 0.1) is 0 Å². The van der Waals surface area contributed by atoms with Crippen LogP contribution in [0.25, 0.3) is 0 Å². The van der Waals surface area contributed by atoms with Crippen molar-refractivity contribution in [1.29, 1.82) is 0 Å². The van der Waals surface area contributed by atoms with E-state index in [1.807, 2.05) is 11.7 Å². The molecule has 2 aromatic rings. The van der Waals surface area contributed by atoms with Crippen LogP contribution in [0.2, 0.25) is 0 Å². The first-order valence-corrected chi connectivity index (χ1v) is 8.66. The van der Waals surface area contributed by atoms with Gasteiger partial charge >= 0.3 is 0 Å². The lowest BCUT2D eigenvalue weighted by atomic mass is 10.0. The van der Waals surface area contributed by atoms with Crippen LogP contribution >= 0.6 is 11.3 Å². The first kappa shape index (κ1) is 14.8. The number of thiophene rings is 1. The summed E-state index contributed by atoms with van der Waals surface area (Å²) in [6.07, 6.45) is 5.70. The topological polar surface area (TPSA) is 47.1 Å². The van der Waals surface area contributed by atoms with Gasteiger partial charge in [-0.3, -0.25) is 9.58 Å². The minimum Gasteiger partial charge on any atom is -0.329 e. The molecule has 0 amide bonds. The van der Waals surface area contributed by atoms with Gasteiger partial charge in [0.15, 0.2) is 0 Å². The molecule has 3 rings (SSSR count). The number of rotatable bonds is 7. The largest absolute Gasteiger partial charge is 0.329 e. The van der Waals surface area contributed by atoms with E-state index in [9.17, 15) is 0 Å². The SMILES string of the molecule is CCc1nn(C)cc1C(CN)N(Cc1ccsc1)C1CC1. The third-order valence-electron chi connectivity index (χ3n) is 4.22. The van der Waals surface area contributed by atoms with Crippen molar-refractivity contribution < 1.29 is 0 Å². The molecule has 2 N–H and O–H groups in total. The Morgan fingerprint density at radius 3 is 2.90 bits per heavy atom. The van der Waals surface area contributed by atoms with E-state index in [0.717, 1.165) is 13.0 Å². The second-order valence-corrected chi connectivity index (χ2v) is 6.62. The second-order valence-electron chi connectivity index (χ2n) is 5.84. The average Bonchev–Trinajstić information content (AvgIpc) is 3.07. The van der Waals surface area contributed by atoms with Crippen LogP contribution in [0.15, 0.2) is 23.0 Å². The van der Waals surface area contributed by atoms with E-state index in [1.165, 1.54) is 29.7 Å². The van der Waals surface area contributed by atoms with Crippen molar-refractivity contribution in [3.8, 4) is 0 Å².